The highest BCUT2D eigenvalue weighted by atomic mass is 19.4. The van der Waals surface area contributed by atoms with Crippen molar-refractivity contribution < 1.29 is 27.9 Å². The van der Waals surface area contributed by atoms with Crippen LogP contribution in [-0.2, 0) is 4.79 Å². The number of carbonyl (C=O) groups is 2. The first-order valence-corrected chi connectivity index (χ1v) is 6.08. The maximum absolute atomic E-state index is 10.9. The van der Waals surface area contributed by atoms with Crippen LogP contribution < -0.4 is 16.0 Å². The van der Waals surface area contributed by atoms with E-state index in [1.165, 1.54) is 6.33 Å². The van der Waals surface area contributed by atoms with Gasteiger partial charge in [0.15, 0.2) is 6.29 Å². The molecule has 0 aromatic carbocycles. The third-order valence-electron chi connectivity index (χ3n) is 2.67. The van der Waals surface area contributed by atoms with Crippen LogP contribution in [-0.4, -0.2) is 59.7 Å². The number of hydrogen-bond donors (Lipinski definition) is 3. The van der Waals surface area contributed by atoms with E-state index in [0.29, 0.717) is 17.7 Å². The van der Waals surface area contributed by atoms with Crippen LogP contribution in [0, 0.1) is 0 Å². The number of carboxylic acids is 1. The first-order chi connectivity index (χ1) is 10.3. The van der Waals surface area contributed by atoms with Crippen LogP contribution in [0.2, 0.25) is 0 Å². The topological polar surface area (TPSA) is 121 Å². The summed E-state index contributed by atoms with van der Waals surface area (Å²) in [5.74, 6) is -1.87. The van der Waals surface area contributed by atoms with E-state index in [1.807, 2.05) is 4.90 Å². The van der Waals surface area contributed by atoms with Gasteiger partial charge in [-0.15, -0.1) is 0 Å². The molecule has 0 aliphatic carbocycles. The molecule has 1 aliphatic rings. The smallest absolute Gasteiger partial charge is 0.475 e. The van der Waals surface area contributed by atoms with Crippen molar-refractivity contribution in [3.63, 3.8) is 0 Å². The number of rotatable bonds is 2. The molecule has 1 aliphatic heterocycles. The van der Waals surface area contributed by atoms with Crippen molar-refractivity contribution in [2.45, 2.75) is 6.18 Å². The molecule has 11 heteroatoms. The van der Waals surface area contributed by atoms with Gasteiger partial charge in [-0.2, -0.15) is 13.2 Å². The molecular formula is C11H14F3N5O3. The van der Waals surface area contributed by atoms with Crippen LogP contribution in [0.25, 0.3) is 0 Å². The third kappa shape index (κ3) is 4.84. The lowest BCUT2D eigenvalue weighted by atomic mass is 10.2. The average Bonchev–Trinajstić information content (AvgIpc) is 2.47. The average molecular weight is 321 g/mol. The fourth-order valence-electron chi connectivity index (χ4n) is 1.64. The summed E-state index contributed by atoms with van der Waals surface area (Å²) in [4.78, 5) is 29.7. The summed E-state index contributed by atoms with van der Waals surface area (Å²) in [6.07, 6.45) is -2.98. The third-order valence-corrected chi connectivity index (χ3v) is 2.67. The summed E-state index contributed by atoms with van der Waals surface area (Å²) in [6.45, 7) is 3.44. The molecule has 4 N–H and O–H groups in total. The monoisotopic (exact) mass is 321 g/mol. The molecule has 1 aromatic heterocycles. The fourth-order valence-corrected chi connectivity index (χ4v) is 1.64. The molecule has 122 valence electrons. The quantitative estimate of drug-likeness (QED) is 0.646. The predicted molar refractivity (Wildman–Crippen MR) is 70.6 cm³/mol. The summed E-state index contributed by atoms with van der Waals surface area (Å²) in [7, 11) is 0. The first-order valence-electron chi connectivity index (χ1n) is 6.08. The number of nitrogens with one attached hydrogen (secondary N) is 1. The molecule has 0 unspecified atom stereocenters. The SMILES string of the molecule is Nc1ncnc(N2CCNCC2)c1C=O.O=C(O)C(F)(F)F. The molecule has 0 saturated carbocycles. The van der Waals surface area contributed by atoms with E-state index in [9.17, 15) is 18.0 Å². The van der Waals surface area contributed by atoms with Gasteiger partial charge in [0.25, 0.3) is 0 Å². The number of carbonyl (C=O) groups excluding carboxylic acids is 1. The number of piperazine rings is 1. The number of aliphatic carboxylic acids is 1. The van der Waals surface area contributed by atoms with E-state index >= 15 is 0 Å². The van der Waals surface area contributed by atoms with E-state index in [2.05, 4.69) is 15.3 Å². The normalized spacial score (nSPS) is 14.8. The Kier molecular flexibility index (Phi) is 6.04. The lowest BCUT2D eigenvalue weighted by Crippen LogP contribution is -2.44. The molecule has 2 heterocycles. The summed E-state index contributed by atoms with van der Waals surface area (Å²) in [5, 5.41) is 10.4. The Morgan fingerprint density at radius 1 is 1.36 bits per heavy atom. The highest BCUT2D eigenvalue weighted by Gasteiger charge is 2.38. The Balaban J connectivity index is 0.000000295. The van der Waals surface area contributed by atoms with Crippen molar-refractivity contribution in [2.75, 3.05) is 36.8 Å². The van der Waals surface area contributed by atoms with Gasteiger partial charge in [-0.25, -0.2) is 14.8 Å². The van der Waals surface area contributed by atoms with Gasteiger partial charge in [-0.1, -0.05) is 0 Å². The lowest BCUT2D eigenvalue weighted by molar-refractivity contribution is -0.192. The molecule has 0 spiro atoms. The fraction of sp³-hybridized carbons (Fsp3) is 0.455. The van der Waals surface area contributed by atoms with Gasteiger partial charge >= 0.3 is 12.1 Å². The second-order valence-electron chi connectivity index (χ2n) is 4.15. The van der Waals surface area contributed by atoms with Gasteiger partial charge in [0.1, 0.15) is 18.0 Å². The number of aldehydes is 1. The number of nitrogen functional groups attached to an aromatic ring is 1. The van der Waals surface area contributed by atoms with E-state index in [4.69, 9.17) is 15.6 Å². The first kappa shape index (κ1) is 17.6. The van der Waals surface area contributed by atoms with Crippen molar-refractivity contribution in [2.24, 2.45) is 0 Å². The van der Waals surface area contributed by atoms with Gasteiger partial charge in [-0.3, -0.25) is 4.79 Å². The standard InChI is InChI=1S/C9H13N5O.C2HF3O2/c10-8-7(5-15)9(13-6-12-8)14-3-1-11-2-4-14;3-2(4,5)1(6)7/h5-6,11H,1-4H2,(H2,10,12,13);(H,6,7). The van der Waals surface area contributed by atoms with Crippen molar-refractivity contribution in [3.8, 4) is 0 Å². The molecule has 22 heavy (non-hydrogen) atoms. The van der Waals surface area contributed by atoms with Gasteiger partial charge < -0.3 is 21.1 Å². The molecule has 2 rings (SSSR count). The molecular weight excluding hydrogens is 307 g/mol. The van der Waals surface area contributed by atoms with Crippen LogP contribution in [0.1, 0.15) is 10.4 Å². The zero-order valence-electron chi connectivity index (χ0n) is 11.3. The highest BCUT2D eigenvalue weighted by Crippen LogP contribution is 2.19. The van der Waals surface area contributed by atoms with Crippen molar-refractivity contribution >= 4 is 23.9 Å². The molecule has 0 atom stereocenters. The van der Waals surface area contributed by atoms with Gasteiger partial charge in [0.05, 0.1) is 5.56 Å². The van der Waals surface area contributed by atoms with E-state index in [-0.39, 0.29) is 5.82 Å². The minimum absolute atomic E-state index is 0.244. The van der Waals surface area contributed by atoms with E-state index in [0.717, 1.165) is 26.2 Å². The molecule has 1 fully saturated rings. The van der Waals surface area contributed by atoms with Gasteiger partial charge in [0, 0.05) is 26.2 Å². The van der Waals surface area contributed by atoms with Gasteiger partial charge in [-0.05, 0) is 0 Å². The Morgan fingerprint density at radius 3 is 2.36 bits per heavy atom. The van der Waals surface area contributed by atoms with Crippen LogP contribution in [0.5, 0.6) is 0 Å². The van der Waals surface area contributed by atoms with Crippen molar-refractivity contribution in [1.29, 1.82) is 0 Å². The zero-order valence-corrected chi connectivity index (χ0v) is 11.3. The lowest BCUT2D eigenvalue weighted by Gasteiger charge is -2.29. The van der Waals surface area contributed by atoms with Crippen LogP contribution in [0.15, 0.2) is 6.33 Å². The van der Waals surface area contributed by atoms with Crippen LogP contribution >= 0.6 is 0 Å². The van der Waals surface area contributed by atoms with Gasteiger partial charge in [0.2, 0.25) is 0 Å². The number of anilines is 2. The summed E-state index contributed by atoms with van der Waals surface area (Å²) < 4.78 is 31.7. The predicted octanol–water partition coefficient (Wildman–Crippen LogP) is -0.0858. The maximum Gasteiger partial charge on any atom is 0.490 e. The second kappa shape index (κ2) is 7.54. The van der Waals surface area contributed by atoms with Crippen molar-refractivity contribution in [1.82, 2.24) is 15.3 Å². The molecule has 1 aromatic rings. The maximum atomic E-state index is 10.9. The number of alkyl halides is 3. The summed E-state index contributed by atoms with van der Waals surface area (Å²) in [6, 6.07) is 0. The van der Waals surface area contributed by atoms with E-state index < -0.39 is 12.1 Å². The number of halogens is 3. The highest BCUT2D eigenvalue weighted by molar-refractivity contribution is 5.88. The molecule has 0 bridgehead atoms. The number of nitrogens with two attached hydrogens (primary N) is 1. The minimum Gasteiger partial charge on any atom is -0.475 e. The summed E-state index contributed by atoms with van der Waals surface area (Å²) >= 11 is 0. The number of aromatic nitrogens is 2. The Bertz CT molecular complexity index is 532. The Hall–Kier alpha value is -2.43. The van der Waals surface area contributed by atoms with Crippen molar-refractivity contribution in [3.05, 3.63) is 11.9 Å². The summed E-state index contributed by atoms with van der Waals surface area (Å²) in [5.41, 5.74) is 6.00. The Morgan fingerprint density at radius 2 is 1.91 bits per heavy atom. The molecule has 0 amide bonds. The molecule has 0 radical (unpaired) electrons. The number of nitrogens with zero attached hydrogens (tertiary/aromatic N) is 3. The molecule has 1 saturated heterocycles. The minimum atomic E-state index is -5.08. The Labute approximate surface area is 123 Å². The largest absolute Gasteiger partial charge is 0.490 e. The zero-order chi connectivity index (χ0) is 16.8. The second-order valence-corrected chi connectivity index (χ2v) is 4.15. The molecule has 8 nitrogen and oxygen atoms in total. The van der Waals surface area contributed by atoms with Crippen LogP contribution in [0.3, 0.4) is 0 Å². The number of carboxylic acid groups (broad SMARTS) is 1. The van der Waals surface area contributed by atoms with E-state index in [1.54, 1.807) is 0 Å². The number of hydrogen-bond acceptors (Lipinski definition) is 7. The van der Waals surface area contributed by atoms with Crippen LogP contribution in [0.4, 0.5) is 24.8 Å².